The fourth-order valence-corrected chi connectivity index (χ4v) is 3.01. The fourth-order valence-electron chi connectivity index (χ4n) is 2.85. The predicted octanol–water partition coefficient (Wildman–Crippen LogP) is 2.70. The smallest absolute Gasteiger partial charge is 0.275 e. The van der Waals surface area contributed by atoms with Gasteiger partial charge in [0.2, 0.25) is 5.91 Å². The first-order chi connectivity index (χ1) is 13.3. The Balaban J connectivity index is 1.86. The highest BCUT2D eigenvalue weighted by molar-refractivity contribution is 6.33. The summed E-state index contributed by atoms with van der Waals surface area (Å²) in [4.78, 5) is 38.6. The molecule has 0 saturated carbocycles. The largest absolute Gasteiger partial charge is 0.345 e. The van der Waals surface area contributed by atoms with Gasteiger partial charge in [-0.1, -0.05) is 29.8 Å². The lowest BCUT2D eigenvalue weighted by atomic mass is 10.1. The summed E-state index contributed by atoms with van der Waals surface area (Å²) in [5.41, 5.74) is 0.991. The molecular formula is C20H19ClN4O3. The van der Waals surface area contributed by atoms with Crippen LogP contribution in [0, 0.1) is 6.92 Å². The van der Waals surface area contributed by atoms with Gasteiger partial charge in [0, 0.05) is 25.0 Å². The van der Waals surface area contributed by atoms with Crippen molar-refractivity contribution < 1.29 is 9.59 Å². The molecule has 2 aromatic carbocycles. The Bertz CT molecular complexity index is 1140. The Hall–Kier alpha value is -3.19. The van der Waals surface area contributed by atoms with Crippen LogP contribution in [0.2, 0.25) is 5.02 Å². The average Bonchev–Trinajstić information content (AvgIpc) is 2.67. The SMILES string of the molecule is Cc1nn(CC(=O)Nc2cc(C(=O)N(C)C)ccc2Cl)c(=O)c2ccccc12. The number of carbonyl (C=O) groups is 2. The number of hydrogen-bond acceptors (Lipinski definition) is 4. The van der Waals surface area contributed by atoms with Crippen LogP contribution < -0.4 is 10.9 Å². The van der Waals surface area contributed by atoms with Gasteiger partial charge in [-0.25, -0.2) is 4.68 Å². The molecule has 3 aromatic rings. The third-order valence-electron chi connectivity index (χ3n) is 4.24. The molecule has 0 saturated heterocycles. The van der Waals surface area contributed by atoms with Gasteiger partial charge in [-0.2, -0.15) is 5.10 Å². The van der Waals surface area contributed by atoms with E-state index < -0.39 is 5.91 Å². The van der Waals surface area contributed by atoms with Crippen molar-refractivity contribution in [3.8, 4) is 0 Å². The van der Waals surface area contributed by atoms with Gasteiger partial charge in [-0.15, -0.1) is 0 Å². The van der Waals surface area contributed by atoms with E-state index in [9.17, 15) is 14.4 Å². The highest BCUT2D eigenvalue weighted by Crippen LogP contribution is 2.23. The molecule has 0 aliphatic heterocycles. The molecule has 8 heteroatoms. The first-order valence-electron chi connectivity index (χ1n) is 8.55. The number of hydrogen-bond donors (Lipinski definition) is 1. The highest BCUT2D eigenvalue weighted by Gasteiger charge is 2.14. The second-order valence-corrected chi connectivity index (χ2v) is 6.94. The normalized spacial score (nSPS) is 10.7. The van der Waals surface area contributed by atoms with Crippen LogP contribution in [0.3, 0.4) is 0 Å². The number of amides is 2. The molecule has 0 bridgehead atoms. The summed E-state index contributed by atoms with van der Waals surface area (Å²) >= 11 is 6.14. The number of anilines is 1. The zero-order chi connectivity index (χ0) is 20.4. The summed E-state index contributed by atoms with van der Waals surface area (Å²) in [5, 5.41) is 8.41. The zero-order valence-electron chi connectivity index (χ0n) is 15.7. The molecule has 0 aliphatic carbocycles. The van der Waals surface area contributed by atoms with Gasteiger partial charge >= 0.3 is 0 Å². The Morgan fingerprint density at radius 1 is 1.14 bits per heavy atom. The van der Waals surface area contributed by atoms with Crippen molar-refractivity contribution in [1.29, 1.82) is 0 Å². The first-order valence-corrected chi connectivity index (χ1v) is 8.93. The van der Waals surface area contributed by atoms with E-state index in [1.54, 1.807) is 45.3 Å². The minimum absolute atomic E-state index is 0.213. The van der Waals surface area contributed by atoms with E-state index >= 15 is 0 Å². The van der Waals surface area contributed by atoms with Crippen LogP contribution in [0.15, 0.2) is 47.3 Å². The van der Waals surface area contributed by atoms with Crippen LogP contribution in [0.25, 0.3) is 10.8 Å². The maximum Gasteiger partial charge on any atom is 0.275 e. The number of aryl methyl sites for hydroxylation is 1. The van der Waals surface area contributed by atoms with E-state index in [4.69, 9.17) is 11.6 Å². The summed E-state index contributed by atoms with van der Waals surface area (Å²) < 4.78 is 1.12. The number of nitrogens with zero attached hydrogens (tertiary/aromatic N) is 3. The maximum absolute atomic E-state index is 12.6. The highest BCUT2D eigenvalue weighted by atomic mass is 35.5. The topological polar surface area (TPSA) is 84.3 Å². The average molecular weight is 399 g/mol. The Morgan fingerprint density at radius 3 is 2.50 bits per heavy atom. The lowest BCUT2D eigenvalue weighted by Gasteiger charge is -2.13. The van der Waals surface area contributed by atoms with Gasteiger partial charge in [0.25, 0.3) is 11.5 Å². The summed E-state index contributed by atoms with van der Waals surface area (Å²) in [6, 6.07) is 11.7. The number of benzene rings is 2. The number of nitrogens with one attached hydrogen (secondary N) is 1. The van der Waals surface area contributed by atoms with E-state index in [0.29, 0.717) is 27.4 Å². The van der Waals surface area contributed by atoms with Crippen LogP contribution in [-0.2, 0) is 11.3 Å². The quantitative estimate of drug-likeness (QED) is 0.732. The van der Waals surface area contributed by atoms with Gasteiger partial charge in [0.15, 0.2) is 0 Å². The van der Waals surface area contributed by atoms with E-state index in [0.717, 1.165) is 10.1 Å². The van der Waals surface area contributed by atoms with Gasteiger partial charge in [0.05, 0.1) is 21.8 Å². The summed E-state index contributed by atoms with van der Waals surface area (Å²) in [7, 11) is 3.27. The lowest BCUT2D eigenvalue weighted by Crippen LogP contribution is -2.30. The van der Waals surface area contributed by atoms with Crippen molar-refractivity contribution in [2.75, 3.05) is 19.4 Å². The van der Waals surface area contributed by atoms with E-state index in [1.807, 2.05) is 12.1 Å². The molecule has 0 fully saturated rings. The molecule has 0 radical (unpaired) electrons. The molecule has 1 heterocycles. The standard InChI is InChI=1S/C20H19ClN4O3/c1-12-14-6-4-5-7-15(14)20(28)25(23-12)11-18(26)22-17-10-13(8-9-16(17)21)19(27)24(2)3/h4-10H,11H2,1-3H3,(H,22,26). The first kappa shape index (κ1) is 19.6. The summed E-state index contributed by atoms with van der Waals surface area (Å²) in [6.45, 7) is 1.51. The fraction of sp³-hybridized carbons (Fsp3) is 0.200. The van der Waals surface area contributed by atoms with Crippen LogP contribution in [0.1, 0.15) is 16.1 Å². The summed E-state index contributed by atoms with van der Waals surface area (Å²) in [6.07, 6.45) is 0. The van der Waals surface area contributed by atoms with Crippen molar-refractivity contribution >= 4 is 39.9 Å². The number of aromatic nitrogens is 2. The van der Waals surface area contributed by atoms with E-state index in [1.165, 1.54) is 11.0 Å². The number of rotatable bonds is 4. The number of carbonyl (C=O) groups excluding carboxylic acids is 2. The second kappa shape index (κ2) is 7.82. The third-order valence-corrected chi connectivity index (χ3v) is 4.57. The minimum Gasteiger partial charge on any atom is -0.345 e. The van der Waals surface area contributed by atoms with Gasteiger partial charge in [-0.05, 0) is 31.2 Å². The van der Waals surface area contributed by atoms with Crippen LogP contribution >= 0.6 is 11.6 Å². The second-order valence-electron chi connectivity index (χ2n) is 6.54. The molecule has 144 valence electrons. The minimum atomic E-state index is -0.472. The predicted molar refractivity (Wildman–Crippen MR) is 109 cm³/mol. The van der Waals surface area contributed by atoms with E-state index in [-0.39, 0.29) is 18.0 Å². The Morgan fingerprint density at radius 2 is 1.82 bits per heavy atom. The molecule has 7 nitrogen and oxygen atoms in total. The van der Waals surface area contributed by atoms with Crippen molar-refractivity contribution in [2.24, 2.45) is 0 Å². The van der Waals surface area contributed by atoms with Gasteiger partial charge < -0.3 is 10.2 Å². The number of halogens is 1. The molecule has 1 N–H and O–H groups in total. The molecule has 2 amide bonds. The molecule has 0 atom stereocenters. The molecule has 28 heavy (non-hydrogen) atoms. The zero-order valence-corrected chi connectivity index (χ0v) is 16.4. The molecule has 0 unspecified atom stereocenters. The maximum atomic E-state index is 12.6. The monoisotopic (exact) mass is 398 g/mol. The van der Waals surface area contributed by atoms with Gasteiger partial charge in [0.1, 0.15) is 6.54 Å². The number of fused-ring (bicyclic) bond motifs is 1. The van der Waals surface area contributed by atoms with Crippen molar-refractivity contribution in [3.63, 3.8) is 0 Å². The van der Waals surface area contributed by atoms with Crippen LogP contribution in [0.4, 0.5) is 5.69 Å². The Kier molecular flexibility index (Phi) is 5.46. The molecule has 0 aliphatic rings. The van der Waals surface area contributed by atoms with Crippen LogP contribution in [-0.4, -0.2) is 40.6 Å². The lowest BCUT2D eigenvalue weighted by molar-refractivity contribution is -0.117. The van der Waals surface area contributed by atoms with Crippen LogP contribution in [0.5, 0.6) is 0 Å². The molecule has 1 aromatic heterocycles. The third kappa shape index (κ3) is 3.89. The Labute approximate surface area is 166 Å². The molecule has 3 rings (SSSR count). The van der Waals surface area contributed by atoms with Crippen molar-refractivity contribution in [3.05, 3.63) is 69.1 Å². The summed E-state index contributed by atoms with van der Waals surface area (Å²) in [5.74, 6) is -0.684. The van der Waals surface area contributed by atoms with Crippen molar-refractivity contribution in [2.45, 2.75) is 13.5 Å². The molecular weight excluding hydrogens is 380 g/mol. The van der Waals surface area contributed by atoms with Gasteiger partial charge in [-0.3, -0.25) is 14.4 Å². The molecule has 0 spiro atoms. The van der Waals surface area contributed by atoms with E-state index in [2.05, 4.69) is 10.4 Å². The van der Waals surface area contributed by atoms with Crippen molar-refractivity contribution in [1.82, 2.24) is 14.7 Å².